The third-order valence-electron chi connectivity index (χ3n) is 3.44. The maximum absolute atomic E-state index is 12.4. The highest BCUT2D eigenvalue weighted by molar-refractivity contribution is 7.90. The maximum atomic E-state index is 12.4. The van der Waals surface area contributed by atoms with E-state index in [0.717, 1.165) is 17.5 Å². The van der Waals surface area contributed by atoms with Crippen molar-refractivity contribution < 1.29 is 13.2 Å². The number of amides is 1. The summed E-state index contributed by atoms with van der Waals surface area (Å²) in [5.74, 6) is 0.215. The van der Waals surface area contributed by atoms with Gasteiger partial charge in [0, 0.05) is 23.7 Å². The van der Waals surface area contributed by atoms with Gasteiger partial charge in [-0.05, 0) is 31.2 Å². The van der Waals surface area contributed by atoms with E-state index in [-0.39, 0.29) is 10.7 Å². The number of para-hydroxylation sites is 1. The van der Waals surface area contributed by atoms with E-state index in [4.69, 9.17) is 0 Å². The molecule has 0 radical (unpaired) electrons. The van der Waals surface area contributed by atoms with E-state index in [0.29, 0.717) is 11.5 Å². The SMILES string of the molecule is Cc1cnc(-c2ccccc2NC(=O)c2ccc(S(C)(=O)=O)[nH]2)[nH]1. The fraction of sp³-hybridized carbons (Fsp3) is 0.125. The number of nitrogens with zero attached hydrogens (tertiary/aromatic N) is 1. The third-order valence-corrected chi connectivity index (χ3v) is 4.47. The van der Waals surface area contributed by atoms with Crippen molar-refractivity contribution in [2.45, 2.75) is 11.9 Å². The minimum atomic E-state index is -3.39. The zero-order valence-corrected chi connectivity index (χ0v) is 13.9. The van der Waals surface area contributed by atoms with Crippen molar-refractivity contribution in [1.82, 2.24) is 15.0 Å². The molecule has 0 aliphatic rings. The predicted octanol–water partition coefficient (Wildman–Crippen LogP) is 2.37. The molecule has 1 aromatic carbocycles. The molecular weight excluding hydrogens is 328 g/mol. The molecule has 0 saturated carbocycles. The van der Waals surface area contributed by atoms with Crippen LogP contribution < -0.4 is 5.32 Å². The van der Waals surface area contributed by atoms with Crippen LogP contribution in [0.1, 0.15) is 16.2 Å². The highest BCUT2D eigenvalue weighted by Gasteiger charge is 2.16. The molecule has 0 saturated heterocycles. The first kappa shape index (κ1) is 16.0. The van der Waals surface area contributed by atoms with Gasteiger partial charge in [0.1, 0.15) is 16.5 Å². The Morgan fingerprint density at radius 1 is 1.12 bits per heavy atom. The predicted molar refractivity (Wildman–Crippen MR) is 90.6 cm³/mol. The summed E-state index contributed by atoms with van der Waals surface area (Å²) in [5, 5.41) is 2.78. The first-order valence-corrected chi connectivity index (χ1v) is 9.05. The Labute approximate surface area is 139 Å². The van der Waals surface area contributed by atoms with Crippen LogP contribution in [0, 0.1) is 6.92 Å². The van der Waals surface area contributed by atoms with Gasteiger partial charge >= 0.3 is 0 Å². The lowest BCUT2D eigenvalue weighted by Crippen LogP contribution is -2.13. The van der Waals surface area contributed by atoms with Gasteiger partial charge in [-0.25, -0.2) is 13.4 Å². The average molecular weight is 344 g/mol. The molecule has 3 rings (SSSR count). The molecule has 0 aliphatic carbocycles. The first-order chi connectivity index (χ1) is 11.3. The first-order valence-electron chi connectivity index (χ1n) is 7.16. The van der Waals surface area contributed by atoms with Gasteiger partial charge in [0.2, 0.25) is 0 Å². The van der Waals surface area contributed by atoms with E-state index in [2.05, 4.69) is 20.3 Å². The minimum absolute atomic E-state index is 0.00240. The summed E-state index contributed by atoms with van der Waals surface area (Å²) < 4.78 is 23.0. The summed E-state index contributed by atoms with van der Waals surface area (Å²) in [6.07, 6.45) is 2.78. The number of aromatic amines is 2. The summed E-state index contributed by atoms with van der Waals surface area (Å²) in [7, 11) is -3.39. The Morgan fingerprint density at radius 3 is 2.50 bits per heavy atom. The Bertz CT molecular complexity index is 1000. The molecule has 124 valence electrons. The number of nitrogens with one attached hydrogen (secondary N) is 3. The number of sulfone groups is 1. The molecule has 0 spiro atoms. The number of carbonyl (C=O) groups excluding carboxylic acids is 1. The van der Waals surface area contributed by atoms with Gasteiger partial charge in [0.25, 0.3) is 5.91 Å². The Balaban J connectivity index is 1.89. The van der Waals surface area contributed by atoms with Crippen LogP contribution in [0.3, 0.4) is 0 Å². The van der Waals surface area contributed by atoms with Gasteiger partial charge in [-0.1, -0.05) is 12.1 Å². The highest BCUT2D eigenvalue weighted by Crippen LogP contribution is 2.25. The molecule has 0 aliphatic heterocycles. The van der Waals surface area contributed by atoms with E-state index < -0.39 is 15.7 Å². The lowest BCUT2D eigenvalue weighted by Gasteiger charge is -2.08. The molecule has 1 amide bonds. The molecule has 8 heteroatoms. The number of hydrogen-bond donors (Lipinski definition) is 3. The van der Waals surface area contributed by atoms with Crippen LogP contribution in [-0.4, -0.2) is 35.5 Å². The Kier molecular flexibility index (Phi) is 3.98. The van der Waals surface area contributed by atoms with E-state index in [9.17, 15) is 13.2 Å². The fourth-order valence-electron chi connectivity index (χ4n) is 2.26. The van der Waals surface area contributed by atoms with Gasteiger partial charge in [0.15, 0.2) is 9.84 Å². The number of H-pyrrole nitrogens is 2. The second-order valence-electron chi connectivity index (χ2n) is 5.42. The van der Waals surface area contributed by atoms with E-state index in [1.807, 2.05) is 19.1 Å². The second kappa shape index (κ2) is 5.97. The number of anilines is 1. The lowest BCUT2D eigenvalue weighted by molar-refractivity contribution is 0.102. The number of hydrogen-bond acceptors (Lipinski definition) is 4. The zero-order valence-electron chi connectivity index (χ0n) is 13.1. The van der Waals surface area contributed by atoms with Crippen molar-refractivity contribution in [1.29, 1.82) is 0 Å². The van der Waals surface area contributed by atoms with Gasteiger partial charge < -0.3 is 15.3 Å². The van der Waals surface area contributed by atoms with Gasteiger partial charge in [-0.3, -0.25) is 4.79 Å². The van der Waals surface area contributed by atoms with Crippen LogP contribution in [0.2, 0.25) is 0 Å². The van der Waals surface area contributed by atoms with E-state index in [1.165, 1.54) is 12.1 Å². The van der Waals surface area contributed by atoms with Crippen molar-refractivity contribution in [3.05, 3.63) is 54.0 Å². The van der Waals surface area contributed by atoms with Crippen molar-refractivity contribution in [2.24, 2.45) is 0 Å². The summed E-state index contributed by atoms with van der Waals surface area (Å²) in [6, 6.07) is 10.0. The fourth-order valence-corrected chi connectivity index (χ4v) is 2.87. The summed E-state index contributed by atoms with van der Waals surface area (Å²) in [5.41, 5.74) is 2.40. The summed E-state index contributed by atoms with van der Waals surface area (Å²) >= 11 is 0. The lowest BCUT2D eigenvalue weighted by atomic mass is 10.1. The smallest absolute Gasteiger partial charge is 0.272 e. The molecule has 3 N–H and O–H groups in total. The van der Waals surface area contributed by atoms with Gasteiger partial charge in [0.05, 0.1) is 5.69 Å². The number of carbonyl (C=O) groups is 1. The molecule has 7 nitrogen and oxygen atoms in total. The molecule has 0 fully saturated rings. The molecule has 0 unspecified atom stereocenters. The Hall–Kier alpha value is -2.87. The maximum Gasteiger partial charge on any atom is 0.272 e. The topological polar surface area (TPSA) is 108 Å². The van der Waals surface area contributed by atoms with Crippen LogP contribution in [-0.2, 0) is 9.84 Å². The normalized spacial score (nSPS) is 11.4. The van der Waals surface area contributed by atoms with Gasteiger partial charge in [-0.2, -0.15) is 0 Å². The zero-order chi connectivity index (χ0) is 17.3. The van der Waals surface area contributed by atoms with Crippen LogP contribution in [0.15, 0.2) is 47.6 Å². The number of aromatic nitrogens is 3. The van der Waals surface area contributed by atoms with Crippen LogP contribution in [0.25, 0.3) is 11.4 Å². The van der Waals surface area contributed by atoms with Crippen molar-refractivity contribution in [3.8, 4) is 11.4 Å². The highest BCUT2D eigenvalue weighted by atomic mass is 32.2. The monoisotopic (exact) mass is 344 g/mol. The minimum Gasteiger partial charge on any atom is -0.342 e. The number of rotatable bonds is 4. The molecule has 0 bridgehead atoms. The molecule has 2 heterocycles. The van der Waals surface area contributed by atoms with Crippen molar-refractivity contribution in [3.63, 3.8) is 0 Å². The third kappa shape index (κ3) is 3.23. The summed E-state index contributed by atoms with van der Waals surface area (Å²) in [4.78, 5) is 22.4. The van der Waals surface area contributed by atoms with E-state index >= 15 is 0 Å². The van der Waals surface area contributed by atoms with Gasteiger partial charge in [-0.15, -0.1) is 0 Å². The average Bonchev–Trinajstić information content (AvgIpc) is 3.16. The second-order valence-corrected chi connectivity index (χ2v) is 7.41. The number of imidazole rings is 1. The quantitative estimate of drug-likeness (QED) is 0.675. The number of benzene rings is 1. The molecule has 24 heavy (non-hydrogen) atoms. The molecular formula is C16H16N4O3S. The standard InChI is InChI=1S/C16H16N4O3S/c1-10-9-17-15(18-10)11-5-3-4-6-12(11)20-16(21)13-7-8-14(19-13)24(2,22)23/h3-9,19H,1-2H3,(H,17,18)(H,20,21). The van der Waals surface area contributed by atoms with E-state index in [1.54, 1.807) is 18.3 Å². The largest absolute Gasteiger partial charge is 0.342 e. The Morgan fingerprint density at radius 2 is 1.88 bits per heavy atom. The molecule has 2 aromatic heterocycles. The molecule has 0 atom stereocenters. The van der Waals surface area contributed by atoms with Crippen molar-refractivity contribution in [2.75, 3.05) is 11.6 Å². The number of aryl methyl sites for hydroxylation is 1. The van der Waals surface area contributed by atoms with Crippen LogP contribution in [0.4, 0.5) is 5.69 Å². The van der Waals surface area contributed by atoms with Crippen molar-refractivity contribution >= 4 is 21.4 Å². The van der Waals surface area contributed by atoms with Crippen LogP contribution in [0.5, 0.6) is 0 Å². The van der Waals surface area contributed by atoms with Crippen LogP contribution >= 0.6 is 0 Å². The molecule has 3 aromatic rings. The summed E-state index contributed by atoms with van der Waals surface area (Å²) in [6.45, 7) is 1.89.